The number of aryl methyl sites for hydroxylation is 1. The fraction of sp³-hybridized carbons (Fsp3) is 0.600. The van der Waals surface area contributed by atoms with Crippen molar-refractivity contribution >= 4 is 17.6 Å². The highest BCUT2D eigenvalue weighted by Gasteiger charge is 1.98. The molecule has 0 aliphatic carbocycles. The number of hydrogen-bond donors (Lipinski definition) is 2. The van der Waals surface area contributed by atoms with Crippen LogP contribution in [-0.4, -0.2) is 28.5 Å². The van der Waals surface area contributed by atoms with E-state index >= 15 is 0 Å². The fourth-order valence-electron chi connectivity index (χ4n) is 1.20. The first-order valence-corrected chi connectivity index (χ1v) is 6.48. The molecule has 5 heteroatoms. The first-order valence-electron chi connectivity index (χ1n) is 5.09. The van der Waals surface area contributed by atoms with Crippen molar-refractivity contribution in [2.45, 2.75) is 19.8 Å². The van der Waals surface area contributed by atoms with Crippen LogP contribution in [0.5, 0.6) is 0 Å². The molecule has 0 amide bonds. The molecule has 0 aromatic carbocycles. The molecule has 0 aliphatic heterocycles. The molecule has 1 rings (SSSR count). The van der Waals surface area contributed by atoms with Crippen molar-refractivity contribution in [3.05, 3.63) is 22.2 Å². The normalized spacial score (nSPS) is 10.3. The molecular formula is C10H17N3OS. The third-order valence-electron chi connectivity index (χ3n) is 1.96. The van der Waals surface area contributed by atoms with Gasteiger partial charge in [0.25, 0.3) is 5.56 Å². The molecule has 0 saturated carbocycles. The molecule has 0 aliphatic rings. The van der Waals surface area contributed by atoms with E-state index in [-0.39, 0.29) is 5.56 Å². The average Bonchev–Trinajstić information content (AvgIpc) is 2.23. The Bertz CT molecular complexity index is 351. The summed E-state index contributed by atoms with van der Waals surface area (Å²) in [6.07, 6.45) is 3.91. The standard InChI is InChI=1S/C10H17N3OS/c1-3-8-12-9(7-10(14)13-8)11-5-4-6-15-2/h7H,3-6H2,1-2H3,(H2,11,12,13,14). The zero-order chi connectivity index (χ0) is 11.1. The number of rotatable bonds is 6. The van der Waals surface area contributed by atoms with Crippen LogP contribution in [0.3, 0.4) is 0 Å². The topological polar surface area (TPSA) is 57.8 Å². The van der Waals surface area contributed by atoms with Gasteiger partial charge in [-0.25, -0.2) is 4.98 Å². The maximum Gasteiger partial charge on any atom is 0.252 e. The van der Waals surface area contributed by atoms with Gasteiger partial charge in [0, 0.05) is 19.0 Å². The summed E-state index contributed by atoms with van der Waals surface area (Å²) in [5, 5.41) is 3.15. The Morgan fingerprint density at radius 3 is 3.07 bits per heavy atom. The van der Waals surface area contributed by atoms with Gasteiger partial charge in [0.2, 0.25) is 0 Å². The monoisotopic (exact) mass is 227 g/mol. The lowest BCUT2D eigenvalue weighted by Crippen LogP contribution is -2.14. The highest BCUT2D eigenvalue weighted by atomic mass is 32.2. The van der Waals surface area contributed by atoms with Gasteiger partial charge in [-0.05, 0) is 18.4 Å². The second-order valence-electron chi connectivity index (χ2n) is 3.20. The number of aromatic nitrogens is 2. The van der Waals surface area contributed by atoms with Crippen LogP contribution in [0.15, 0.2) is 10.9 Å². The van der Waals surface area contributed by atoms with E-state index in [1.807, 2.05) is 18.7 Å². The number of H-pyrrole nitrogens is 1. The minimum Gasteiger partial charge on any atom is -0.370 e. The lowest BCUT2D eigenvalue weighted by molar-refractivity contribution is 0.905. The second-order valence-corrected chi connectivity index (χ2v) is 4.19. The summed E-state index contributed by atoms with van der Waals surface area (Å²) in [6, 6.07) is 1.50. The summed E-state index contributed by atoms with van der Waals surface area (Å²) in [5.74, 6) is 2.53. The summed E-state index contributed by atoms with van der Waals surface area (Å²) in [7, 11) is 0. The van der Waals surface area contributed by atoms with Crippen LogP contribution in [0.2, 0.25) is 0 Å². The first kappa shape index (κ1) is 12.1. The SMILES string of the molecule is CCc1nc(NCCCSC)cc(=O)[nH]1. The van der Waals surface area contributed by atoms with Gasteiger partial charge < -0.3 is 10.3 Å². The van der Waals surface area contributed by atoms with Crippen LogP contribution in [0.25, 0.3) is 0 Å². The van der Waals surface area contributed by atoms with Crippen LogP contribution in [0, 0.1) is 0 Å². The van der Waals surface area contributed by atoms with E-state index in [0.29, 0.717) is 5.82 Å². The zero-order valence-electron chi connectivity index (χ0n) is 9.17. The number of nitrogens with zero attached hydrogens (tertiary/aromatic N) is 1. The Hall–Kier alpha value is -0.970. The molecule has 0 atom stereocenters. The van der Waals surface area contributed by atoms with Crippen LogP contribution in [-0.2, 0) is 6.42 Å². The Kier molecular flexibility index (Phi) is 5.25. The quantitative estimate of drug-likeness (QED) is 0.723. The van der Waals surface area contributed by atoms with E-state index in [0.717, 1.165) is 31.0 Å². The van der Waals surface area contributed by atoms with Crippen molar-refractivity contribution in [3.63, 3.8) is 0 Å². The number of thioether (sulfide) groups is 1. The third kappa shape index (κ3) is 4.38. The maximum absolute atomic E-state index is 11.2. The summed E-state index contributed by atoms with van der Waals surface area (Å²) < 4.78 is 0. The molecule has 0 unspecified atom stereocenters. The molecule has 1 heterocycles. The molecule has 0 spiro atoms. The van der Waals surface area contributed by atoms with E-state index in [4.69, 9.17) is 0 Å². The number of nitrogens with one attached hydrogen (secondary N) is 2. The summed E-state index contributed by atoms with van der Waals surface area (Å²) >= 11 is 1.82. The Balaban J connectivity index is 2.53. The van der Waals surface area contributed by atoms with Crippen molar-refractivity contribution in [3.8, 4) is 0 Å². The molecule has 0 saturated heterocycles. The lowest BCUT2D eigenvalue weighted by atomic mass is 10.4. The fourth-order valence-corrected chi connectivity index (χ4v) is 1.63. The Morgan fingerprint density at radius 2 is 2.40 bits per heavy atom. The molecule has 4 nitrogen and oxygen atoms in total. The van der Waals surface area contributed by atoms with E-state index in [1.165, 1.54) is 6.07 Å². The average molecular weight is 227 g/mol. The van der Waals surface area contributed by atoms with Crippen LogP contribution >= 0.6 is 11.8 Å². The Morgan fingerprint density at radius 1 is 1.60 bits per heavy atom. The molecule has 2 N–H and O–H groups in total. The largest absolute Gasteiger partial charge is 0.370 e. The zero-order valence-corrected chi connectivity index (χ0v) is 9.99. The smallest absolute Gasteiger partial charge is 0.252 e. The number of aromatic amines is 1. The second kappa shape index (κ2) is 6.50. The molecule has 0 radical (unpaired) electrons. The molecule has 15 heavy (non-hydrogen) atoms. The first-order chi connectivity index (χ1) is 7.26. The lowest BCUT2D eigenvalue weighted by Gasteiger charge is -2.05. The van der Waals surface area contributed by atoms with Gasteiger partial charge in [0.05, 0.1) is 0 Å². The van der Waals surface area contributed by atoms with Crippen molar-refractivity contribution < 1.29 is 0 Å². The van der Waals surface area contributed by atoms with Crippen molar-refractivity contribution in [1.29, 1.82) is 0 Å². The predicted molar refractivity (Wildman–Crippen MR) is 65.7 cm³/mol. The van der Waals surface area contributed by atoms with E-state index in [9.17, 15) is 4.79 Å². The van der Waals surface area contributed by atoms with Gasteiger partial charge in [0.1, 0.15) is 11.6 Å². The van der Waals surface area contributed by atoms with Gasteiger partial charge in [-0.15, -0.1) is 0 Å². The predicted octanol–water partition coefficient (Wildman–Crippen LogP) is 1.50. The van der Waals surface area contributed by atoms with E-state index in [1.54, 1.807) is 0 Å². The number of anilines is 1. The summed E-state index contributed by atoms with van der Waals surface area (Å²) in [6.45, 7) is 2.83. The van der Waals surface area contributed by atoms with Crippen LogP contribution < -0.4 is 10.9 Å². The van der Waals surface area contributed by atoms with Crippen molar-refractivity contribution in [2.75, 3.05) is 23.9 Å². The molecule has 84 valence electrons. The molecular weight excluding hydrogens is 210 g/mol. The third-order valence-corrected chi connectivity index (χ3v) is 2.65. The molecule has 1 aromatic heterocycles. The van der Waals surface area contributed by atoms with Crippen LogP contribution in [0.1, 0.15) is 19.2 Å². The van der Waals surface area contributed by atoms with Crippen molar-refractivity contribution in [1.82, 2.24) is 9.97 Å². The molecule has 1 aromatic rings. The Labute approximate surface area is 93.9 Å². The summed E-state index contributed by atoms with van der Waals surface area (Å²) in [5.41, 5.74) is -0.0887. The highest BCUT2D eigenvalue weighted by molar-refractivity contribution is 7.98. The van der Waals surface area contributed by atoms with Gasteiger partial charge in [0.15, 0.2) is 0 Å². The highest BCUT2D eigenvalue weighted by Crippen LogP contribution is 2.01. The van der Waals surface area contributed by atoms with E-state index in [2.05, 4.69) is 21.5 Å². The van der Waals surface area contributed by atoms with Crippen molar-refractivity contribution in [2.24, 2.45) is 0 Å². The van der Waals surface area contributed by atoms with Gasteiger partial charge >= 0.3 is 0 Å². The summed E-state index contributed by atoms with van der Waals surface area (Å²) in [4.78, 5) is 18.2. The molecule has 0 bridgehead atoms. The van der Waals surface area contributed by atoms with E-state index < -0.39 is 0 Å². The number of hydrogen-bond acceptors (Lipinski definition) is 4. The van der Waals surface area contributed by atoms with Gasteiger partial charge in [-0.3, -0.25) is 4.79 Å². The van der Waals surface area contributed by atoms with Crippen LogP contribution in [0.4, 0.5) is 5.82 Å². The minimum absolute atomic E-state index is 0.0887. The van der Waals surface area contributed by atoms with Gasteiger partial charge in [-0.2, -0.15) is 11.8 Å². The maximum atomic E-state index is 11.2. The minimum atomic E-state index is -0.0887. The molecule has 0 fully saturated rings. The van der Waals surface area contributed by atoms with Gasteiger partial charge in [-0.1, -0.05) is 6.92 Å².